The molecule has 0 aliphatic carbocycles. The lowest BCUT2D eigenvalue weighted by Crippen LogP contribution is -2.19. The van der Waals surface area contributed by atoms with Gasteiger partial charge < -0.3 is 10.1 Å². The molecule has 0 unspecified atom stereocenters. The minimum absolute atomic E-state index is 0.168. The third-order valence-corrected chi connectivity index (χ3v) is 4.72. The number of amides is 1. The largest absolute Gasteiger partial charge is 0.462 e. The number of carbonyl (C=O) groups excluding carboxylic acids is 2. The van der Waals surface area contributed by atoms with Crippen molar-refractivity contribution < 1.29 is 14.3 Å². The fourth-order valence-electron chi connectivity index (χ4n) is 2.36. The van der Waals surface area contributed by atoms with Crippen LogP contribution >= 0.6 is 11.8 Å². The minimum Gasteiger partial charge on any atom is -0.462 e. The first-order valence-corrected chi connectivity index (χ1v) is 9.59. The van der Waals surface area contributed by atoms with Crippen LogP contribution in [-0.4, -0.2) is 23.7 Å². The number of aliphatic imine (C=N–C) groups is 1. The van der Waals surface area contributed by atoms with Crippen molar-refractivity contribution in [3.8, 4) is 0 Å². The van der Waals surface area contributed by atoms with Crippen LogP contribution in [0.25, 0.3) is 6.08 Å². The highest BCUT2D eigenvalue weighted by Crippen LogP contribution is 2.28. The maximum Gasteiger partial charge on any atom is 0.338 e. The number of hydrogen-bond acceptors (Lipinski definition) is 5. The number of hydrogen-bond donors (Lipinski definition) is 1. The minimum atomic E-state index is -0.334. The van der Waals surface area contributed by atoms with Crippen molar-refractivity contribution in [1.82, 2.24) is 5.32 Å². The monoisotopic (exact) mass is 380 g/mol. The van der Waals surface area contributed by atoms with Gasteiger partial charge >= 0.3 is 5.97 Å². The molecular weight excluding hydrogens is 360 g/mol. The summed E-state index contributed by atoms with van der Waals surface area (Å²) in [6, 6.07) is 16.5. The van der Waals surface area contributed by atoms with E-state index in [0.29, 0.717) is 27.9 Å². The van der Waals surface area contributed by atoms with Crippen molar-refractivity contribution in [3.05, 3.63) is 70.6 Å². The fourth-order valence-corrected chi connectivity index (χ4v) is 3.20. The number of rotatable bonds is 6. The van der Waals surface area contributed by atoms with Crippen molar-refractivity contribution in [2.45, 2.75) is 19.8 Å². The molecule has 1 saturated heterocycles. The molecule has 1 aliphatic heterocycles. The van der Waals surface area contributed by atoms with Crippen molar-refractivity contribution in [2.75, 3.05) is 6.61 Å². The third-order valence-electron chi connectivity index (χ3n) is 3.81. The molecule has 0 saturated carbocycles. The summed E-state index contributed by atoms with van der Waals surface area (Å²) < 4.78 is 5.18. The van der Waals surface area contributed by atoms with Crippen LogP contribution in [0.1, 0.15) is 35.7 Å². The van der Waals surface area contributed by atoms with Gasteiger partial charge in [0.2, 0.25) is 0 Å². The molecule has 138 valence electrons. The van der Waals surface area contributed by atoms with E-state index in [-0.39, 0.29) is 11.9 Å². The highest BCUT2D eigenvalue weighted by atomic mass is 32.2. The van der Waals surface area contributed by atoms with Crippen LogP contribution in [0.5, 0.6) is 0 Å². The summed E-state index contributed by atoms with van der Waals surface area (Å²) in [7, 11) is 0. The van der Waals surface area contributed by atoms with Crippen molar-refractivity contribution in [1.29, 1.82) is 0 Å². The number of carbonyl (C=O) groups is 2. The number of nitrogens with zero attached hydrogens (tertiary/aromatic N) is 1. The van der Waals surface area contributed by atoms with Gasteiger partial charge in [-0.3, -0.25) is 4.79 Å². The summed E-state index contributed by atoms with van der Waals surface area (Å²) in [6.07, 6.45) is 3.67. The normalized spacial score (nSPS) is 16.6. The van der Waals surface area contributed by atoms with Gasteiger partial charge in [-0.15, -0.1) is 0 Å². The van der Waals surface area contributed by atoms with Crippen molar-refractivity contribution in [2.24, 2.45) is 4.99 Å². The third kappa shape index (κ3) is 5.31. The molecule has 2 aromatic rings. The van der Waals surface area contributed by atoms with Gasteiger partial charge in [-0.1, -0.05) is 43.7 Å². The van der Waals surface area contributed by atoms with E-state index in [9.17, 15) is 9.59 Å². The Labute approximate surface area is 162 Å². The molecule has 0 atom stereocenters. The summed E-state index contributed by atoms with van der Waals surface area (Å²) in [5.41, 5.74) is 2.11. The first kappa shape index (κ1) is 18.9. The van der Waals surface area contributed by atoms with Gasteiger partial charge in [0.1, 0.15) is 0 Å². The second-order valence-corrected chi connectivity index (χ2v) is 6.96. The van der Waals surface area contributed by atoms with Gasteiger partial charge in [-0.05, 0) is 54.1 Å². The SMILES string of the molecule is CCCCOC(=O)c1ccc(N=C2NC(=O)/C(=C/c3ccccc3)S2)cc1. The lowest BCUT2D eigenvalue weighted by atomic mass is 10.2. The average Bonchev–Trinajstić information content (AvgIpc) is 3.02. The number of nitrogens with one attached hydrogen (secondary N) is 1. The zero-order chi connectivity index (χ0) is 19.1. The number of benzene rings is 2. The topological polar surface area (TPSA) is 67.8 Å². The molecular formula is C21H20N2O3S. The summed E-state index contributed by atoms with van der Waals surface area (Å²) in [5.74, 6) is -0.502. The Bertz CT molecular complexity index is 874. The molecule has 0 spiro atoms. The highest BCUT2D eigenvalue weighted by molar-refractivity contribution is 8.18. The number of ether oxygens (including phenoxy) is 1. The summed E-state index contributed by atoms with van der Waals surface area (Å²) in [4.78, 5) is 29.0. The predicted octanol–water partition coefficient (Wildman–Crippen LogP) is 4.54. The van der Waals surface area contributed by atoms with Crippen LogP contribution < -0.4 is 5.32 Å². The predicted molar refractivity (Wildman–Crippen MR) is 109 cm³/mol. The molecule has 0 radical (unpaired) electrons. The molecule has 3 rings (SSSR count). The van der Waals surface area contributed by atoms with Crippen LogP contribution in [0.15, 0.2) is 64.5 Å². The summed E-state index contributed by atoms with van der Waals surface area (Å²) in [5, 5.41) is 3.27. The molecule has 0 bridgehead atoms. The van der Waals surface area contributed by atoms with E-state index in [1.807, 2.05) is 43.3 Å². The van der Waals surface area contributed by atoms with Crippen LogP contribution in [0.4, 0.5) is 5.69 Å². The molecule has 2 aromatic carbocycles. The van der Waals surface area contributed by atoms with E-state index in [0.717, 1.165) is 18.4 Å². The second-order valence-electron chi connectivity index (χ2n) is 5.93. The first-order chi connectivity index (χ1) is 13.2. The van der Waals surface area contributed by atoms with Crippen LogP contribution in [0, 0.1) is 0 Å². The highest BCUT2D eigenvalue weighted by Gasteiger charge is 2.23. The second kappa shape index (κ2) is 9.19. The van der Waals surface area contributed by atoms with Gasteiger partial charge in [0.25, 0.3) is 5.91 Å². The van der Waals surface area contributed by atoms with Crippen molar-refractivity contribution in [3.63, 3.8) is 0 Å². The number of thioether (sulfide) groups is 1. The molecule has 27 heavy (non-hydrogen) atoms. The van der Waals surface area contributed by atoms with Gasteiger partial charge in [0.15, 0.2) is 5.17 Å². The standard InChI is InChI=1S/C21H20N2O3S/c1-2-3-13-26-20(25)16-9-11-17(12-10-16)22-21-23-19(24)18(27-21)14-15-7-5-4-6-8-15/h4-12,14H,2-3,13H2,1H3,(H,22,23,24)/b18-14-. The zero-order valence-corrected chi connectivity index (χ0v) is 15.8. The molecule has 1 N–H and O–H groups in total. The fraction of sp³-hybridized carbons (Fsp3) is 0.190. The molecule has 5 nitrogen and oxygen atoms in total. The van der Waals surface area contributed by atoms with E-state index in [1.165, 1.54) is 11.8 Å². The maximum atomic E-state index is 12.1. The van der Waals surface area contributed by atoms with Gasteiger partial charge in [0, 0.05) is 0 Å². The zero-order valence-electron chi connectivity index (χ0n) is 15.0. The Morgan fingerprint density at radius 1 is 1.15 bits per heavy atom. The van der Waals surface area contributed by atoms with E-state index >= 15 is 0 Å². The number of unbranched alkanes of at least 4 members (excludes halogenated alkanes) is 1. The van der Waals surface area contributed by atoms with Crippen LogP contribution in [-0.2, 0) is 9.53 Å². The molecule has 1 aliphatic rings. The van der Waals surface area contributed by atoms with Crippen LogP contribution in [0.3, 0.4) is 0 Å². The van der Waals surface area contributed by atoms with Crippen LogP contribution in [0.2, 0.25) is 0 Å². The molecule has 0 aromatic heterocycles. The van der Waals surface area contributed by atoms with E-state index in [4.69, 9.17) is 4.74 Å². The first-order valence-electron chi connectivity index (χ1n) is 8.77. The Kier molecular flexibility index (Phi) is 6.44. The van der Waals surface area contributed by atoms with Gasteiger partial charge in [-0.25, -0.2) is 9.79 Å². The Balaban J connectivity index is 1.66. The molecule has 1 amide bonds. The number of amidine groups is 1. The summed E-state index contributed by atoms with van der Waals surface area (Å²) >= 11 is 1.29. The lowest BCUT2D eigenvalue weighted by molar-refractivity contribution is -0.115. The van der Waals surface area contributed by atoms with Gasteiger partial charge in [-0.2, -0.15) is 0 Å². The maximum absolute atomic E-state index is 12.1. The smallest absolute Gasteiger partial charge is 0.338 e. The Hall–Kier alpha value is -2.86. The van der Waals surface area contributed by atoms with Gasteiger partial charge in [0.05, 0.1) is 22.8 Å². The molecule has 1 heterocycles. The molecule has 1 fully saturated rings. The van der Waals surface area contributed by atoms with Crippen molar-refractivity contribution >= 4 is 40.6 Å². The Morgan fingerprint density at radius 3 is 2.59 bits per heavy atom. The lowest BCUT2D eigenvalue weighted by Gasteiger charge is -2.04. The molecule has 6 heteroatoms. The average molecular weight is 380 g/mol. The van der Waals surface area contributed by atoms with E-state index in [1.54, 1.807) is 24.3 Å². The number of esters is 1. The summed E-state index contributed by atoms with van der Waals surface area (Å²) in [6.45, 7) is 2.47. The van der Waals surface area contributed by atoms with E-state index < -0.39 is 0 Å². The quantitative estimate of drug-likeness (QED) is 0.454. The van der Waals surface area contributed by atoms with E-state index in [2.05, 4.69) is 10.3 Å². The Morgan fingerprint density at radius 2 is 1.89 bits per heavy atom.